The summed E-state index contributed by atoms with van der Waals surface area (Å²) < 4.78 is 5.41. The van der Waals surface area contributed by atoms with Gasteiger partial charge in [0, 0.05) is 17.4 Å². The van der Waals surface area contributed by atoms with Crippen molar-refractivity contribution in [1.82, 2.24) is 16.0 Å². The van der Waals surface area contributed by atoms with Gasteiger partial charge in [-0.1, -0.05) is 54.6 Å². The molecule has 0 unspecified atom stereocenters. The largest absolute Gasteiger partial charge is 0.496 e. The van der Waals surface area contributed by atoms with Gasteiger partial charge < -0.3 is 21.1 Å². The number of ether oxygens (including phenoxy) is 1. The number of hydrogen-bond acceptors (Lipinski definition) is 6. The van der Waals surface area contributed by atoms with Crippen LogP contribution in [0.25, 0.3) is 10.8 Å². The third-order valence-corrected chi connectivity index (χ3v) is 5.62. The first-order valence-electron chi connectivity index (χ1n) is 11.5. The molecule has 3 aromatic carbocycles. The van der Waals surface area contributed by atoms with E-state index in [1.165, 1.54) is 21.0 Å². The third-order valence-electron chi connectivity index (χ3n) is 5.62. The molecule has 0 saturated carbocycles. The molecule has 3 rings (SSSR count). The predicted molar refractivity (Wildman–Crippen MR) is 136 cm³/mol. The Balaban J connectivity index is 1.79. The van der Waals surface area contributed by atoms with Gasteiger partial charge >= 0.3 is 0 Å². The lowest BCUT2D eigenvalue weighted by atomic mass is 10.0. The Hall–Kier alpha value is -4.24. The second-order valence-electron chi connectivity index (χ2n) is 8.49. The summed E-state index contributed by atoms with van der Waals surface area (Å²) in [5.41, 5.74) is 6.57. The molecule has 3 atom stereocenters. The van der Waals surface area contributed by atoms with Crippen LogP contribution in [0, 0.1) is 0 Å². The number of nitrogens with two attached hydrogens (primary N) is 1. The Bertz CT molecular complexity index is 1260. The van der Waals surface area contributed by atoms with Crippen LogP contribution in [0.3, 0.4) is 0 Å². The zero-order chi connectivity index (χ0) is 26.2. The number of nitrogens with one attached hydrogen (secondary N) is 3. The number of carbonyl (C=O) groups is 4. The minimum Gasteiger partial charge on any atom is -0.496 e. The average Bonchev–Trinajstić information content (AvgIpc) is 2.87. The fraction of sp³-hybridized carbons (Fsp3) is 0.259. The molecule has 3 aromatic rings. The molecule has 0 aliphatic carbocycles. The standard InChI is InChI=1S/C27H30N4O5/c1-16(28)24(32)29-17(2)25(33)30-22(13-18-9-5-4-6-10-18)27(35)31-26(34)20-14-19-11-7-8-12-21(19)23(15-20)36-3/h4-12,14-17,22H,13,28H2,1-3H3,(H,29,32)(H,30,33)(H,31,34,35)/t16-,17-,22-/m0/s1. The molecule has 5 N–H and O–H groups in total. The maximum Gasteiger partial charge on any atom is 0.258 e. The van der Waals surface area contributed by atoms with Crippen molar-refractivity contribution in [3.8, 4) is 5.75 Å². The molecule has 36 heavy (non-hydrogen) atoms. The molecule has 188 valence electrons. The molecule has 0 spiro atoms. The Labute approximate surface area is 209 Å². The van der Waals surface area contributed by atoms with Crippen molar-refractivity contribution in [2.45, 2.75) is 38.4 Å². The molecule has 4 amide bonds. The van der Waals surface area contributed by atoms with Gasteiger partial charge in [0.05, 0.1) is 13.2 Å². The number of imide groups is 1. The normalized spacial score (nSPS) is 13.2. The fourth-order valence-electron chi connectivity index (χ4n) is 3.61. The number of methoxy groups -OCH3 is 1. The highest BCUT2D eigenvalue weighted by Gasteiger charge is 2.27. The van der Waals surface area contributed by atoms with Crippen LogP contribution in [0.4, 0.5) is 0 Å². The van der Waals surface area contributed by atoms with Crippen LogP contribution in [0.2, 0.25) is 0 Å². The molecule has 0 bridgehead atoms. The van der Waals surface area contributed by atoms with E-state index in [4.69, 9.17) is 10.5 Å². The van der Waals surface area contributed by atoms with E-state index in [0.717, 1.165) is 16.3 Å². The van der Waals surface area contributed by atoms with Crippen molar-refractivity contribution in [2.24, 2.45) is 5.73 Å². The zero-order valence-electron chi connectivity index (χ0n) is 20.4. The van der Waals surface area contributed by atoms with Crippen molar-refractivity contribution >= 4 is 34.4 Å². The van der Waals surface area contributed by atoms with Crippen molar-refractivity contribution in [2.75, 3.05) is 7.11 Å². The Morgan fingerprint density at radius 1 is 0.861 bits per heavy atom. The Morgan fingerprint density at radius 2 is 1.53 bits per heavy atom. The van der Waals surface area contributed by atoms with E-state index in [9.17, 15) is 19.2 Å². The van der Waals surface area contributed by atoms with Crippen LogP contribution in [0.15, 0.2) is 66.7 Å². The Kier molecular flexibility index (Phi) is 8.75. The first kappa shape index (κ1) is 26.4. The molecule has 9 heteroatoms. The van der Waals surface area contributed by atoms with Crippen molar-refractivity contribution in [3.63, 3.8) is 0 Å². The van der Waals surface area contributed by atoms with E-state index in [0.29, 0.717) is 5.75 Å². The topological polar surface area (TPSA) is 140 Å². The van der Waals surface area contributed by atoms with Crippen LogP contribution >= 0.6 is 0 Å². The minimum absolute atomic E-state index is 0.140. The summed E-state index contributed by atoms with van der Waals surface area (Å²) in [4.78, 5) is 50.8. The van der Waals surface area contributed by atoms with E-state index in [-0.39, 0.29) is 12.0 Å². The molecule has 0 fully saturated rings. The molecule has 0 heterocycles. The molecule has 0 aromatic heterocycles. The van der Waals surface area contributed by atoms with Gasteiger partial charge in [0.15, 0.2) is 0 Å². The fourth-order valence-corrected chi connectivity index (χ4v) is 3.61. The first-order chi connectivity index (χ1) is 17.2. The van der Waals surface area contributed by atoms with E-state index in [2.05, 4.69) is 16.0 Å². The van der Waals surface area contributed by atoms with Gasteiger partial charge in [0.25, 0.3) is 5.91 Å². The summed E-state index contributed by atoms with van der Waals surface area (Å²) in [5.74, 6) is -1.90. The van der Waals surface area contributed by atoms with Crippen molar-refractivity contribution < 1.29 is 23.9 Å². The highest BCUT2D eigenvalue weighted by molar-refractivity contribution is 6.09. The van der Waals surface area contributed by atoms with E-state index < -0.39 is 41.8 Å². The predicted octanol–water partition coefficient (Wildman–Crippen LogP) is 1.68. The quantitative estimate of drug-likeness (QED) is 0.360. The summed E-state index contributed by atoms with van der Waals surface area (Å²) in [6.07, 6.45) is 0.140. The molecular formula is C27H30N4O5. The van der Waals surface area contributed by atoms with Crippen LogP contribution in [-0.4, -0.2) is 48.9 Å². The molecule has 0 aliphatic heterocycles. The highest BCUT2D eigenvalue weighted by atomic mass is 16.5. The zero-order valence-corrected chi connectivity index (χ0v) is 20.4. The lowest BCUT2D eigenvalue weighted by Gasteiger charge is -2.21. The molecule has 0 radical (unpaired) electrons. The van der Waals surface area contributed by atoms with E-state index in [1.807, 2.05) is 54.6 Å². The number of fused-ring (bicyclic) bond motifs is 1. The highest BCUT2D eigenvalue weighted by Crippen LogP contribution is 2.27. The van der Waals surface area contributed by atoms with Crippen molar-refractivity contribution in [3.05, 3.63) is 77.9 Å². The maximum absolute atomic E-state index is 13.2. The SMILES string of the molecule is COc1cc(C(=O)NC(=O)[C@H](Cc2ccccc2)NC(=O)[C@H](C)NC(=O)[C@H](C)N)cc2ccccc12. The lowest BCUT2D eigenvalue weighted by Crippen LogP contribution is -2.55. The maximum atomic E-state index is 13.2. The van der Waals surface area contributed by atoms with Gasteiger partial charge in [-0.2, -0.15) is 0 Å². The van der Waals surface area contributed by atoms with Crippen molar-refractivity contribution in [1.29, 1.82) is 0 Å². The number of benzene rings is 3. The minimum atomic E-state index is -1.07. The molecule has 9 nitrogen and oxygen atoms in total. The number of hydrogen-bond donors (Lipinski definition) is 4. The average molecular weight is 491 g/mol. The van der Waals surface area contributed by atoms with Gasteiger partial charge in [0.1, 0.15) is 17.8 Å². The summed E-state index contributed by atoms with van der Waals surface area (Å²) in [6.45, 7) is 2.98. The summed E-state index contributed by atoms with van der Waals surface area (Å²) in [7, 11) is 1.51. The van der Waals surface area contributed by atoms with Gasteiger partial charge in [0.2, 0.25) is 17.7 Å². The monoisotopic (exact) mass is 490 g/mol. The van der Waals surface area contributed by atoms with E-state index >= 15 is 0 Å². The second kappa shape index (κ2) is 11.9. The Morgan fingerprint density at radius 3 is 2.19 bits per heavy atom. The van der Waals surface area contributed by atoms with Crippen LogP contribution < -0.4 is 26.4 Å². The van der Waals surface area contributed by atoms with Crippen LogP contribution in [-0.2, 0) is 20.8 Å². The number of carbonyl (C=O) groups excluding carboxylic acids is 4. The summed E-state index contributed by atoms with van der Waals surface area (Å²) >= 11 is 0. The van der Waals surface area contributed by atoms with E-state index in [1.54, 1.807) is 12.1 Å². The number of amides is 4. The first-order valence-corrected chi connectivity index (χ1v) is 11.5. The smallest absolute Gasteiger partial charge is 0.258 e. The van der Waals surface area contributed by atoms with Crippen LogP contribution in [0.1, 0.15) is 29.8 Å². The summed E-state index contributed by atoms with van der Waals surface area (Å²) in [6, 6.07) is 16.9. The van der Waals surface area contributed by atoms with Gasteiger partial charge in [-0.3, -0.25) is 24.5 Å². The second-order valence-corrected chi connectivity index (χ2v) is 8.49. The van der Waals surface area contributed by atoms with Gasteiger partial charge in [-0.15, -0.1) is 0 Å². The van der Waals surface area contributed by atoms with Crippen LogP contribution in [0.5, 0.6) is 5.75 Å². The number of rotatable bonds is 9. The molecule has 0 saturated heterocycles. The molecular weight excluding hydrogens is 460 g/mol. The third kappa shape index (κ3) is 6.67. The summed E-state index contributed by atoms with van der Waals surface area (Å²) in [5, 5.41) is 9.12. The van der Waals surface area contributed by atoms with Gasteiger partial charge in [-0.25, -0.2) is 0 Å². The van der Waals surface area contributed by atoms with Gasteiger partial charge in [-0.05, 0) is 36.9 Å². The lowest BCUT2D eigenvalue weighted by molar-refractivity contribution is -0.131. The molecule has 0 aliphatic rings.